The molecule has 1 heterocycles. The van der Waals surface area contributed by atoms with E-state index in [1.54, 1.807) is 0 Å². The van der Waals surface area contributed by atoms with E-state index in [0.29, 0.717) is 11.1 Å². The molecule has 0 fully saturated rings. The van der Waals surface area contributed by atoms with Gasteiger partial charge in [-0.1, -0.05) is 6.07 Å². The van der Waals surface area contributed by atoms with Crippen molar-refractivity contribution in [3.05, 3.63) is 58.9 Å². The molecule has 0 spiro atoms. The van der Waals surface area contributed by atoms with Crippen LogP contribution in [0.15, 0.2) is 36.7 Å². The molecule has 0 aliphatic heterocycles. The van der Waals surface area contributed by atoms with E-state index in [1.807, 2.05) is 38.1 Å². The molecule has 0 saturated carbocycles. The highest BCUT2D eigenvalue weighted by Crippen LogP contribution is 2.15. The van der Waals surface area contributed by atoms with Gasteiger partial charge in [-0.2, -0.15) is 5.26 Å². The van der Waals surface area contributed by atoms with Gasteiger partial charge in [0.05, 0.1) is 11.1 Å². The van der Waals surface area contributed by atoms with Gasteiger partial charge in [0, 0.05) is 18.1 Å². The molecule has 0 atom stereocenters. The Morgan fingerprint density at radius 2 is 1.84 bits per heavy atom. The fraction of sp³-hybridized carbons (Fsp3) is 0.133. The predicted octanol–water partition coefficient (Wildman–Crippen LogP) is 2.82. The minimum atomic E-state index is -0.269. The van der Waals surface area contributed by atoms with Crippen molar-refractivity contribution in [1.29, 1.82) is 5.26 Å². The number of carbonyl (C=O) groups is 1. The Hall–Kier alpha value is -2.67. The fourth-order valence-corrected chi connectivity index (χ4v) is 1.88. The van der Waals surface area contributed by atoms with E-state index in [0.717, 1.165) is 16.8 Å². The van der Waals surface area contributed by atoms with Gasteiger partial charge >= 0.3 is 0 Å². The number of benzene rings is 1. The van der Waals surface area contributed by atoms with Crippen LogP contribution in [0.5, 0.6) is 0 Å². The number of pyridine rings is 1. The molecule has 1 N–H and O–H groups in total. The lowest BCUT2D eigenvalue weighted by Crippen LogP contribution is -2.12. The van der Waals surface area contributed by atoms with Gasteiger partial charge in [0.2, 0.25) is 0 Å². The van der Waals surface area contributed by atoms with Crippen molar-refractivity contribution in [2.24, 2.45) is 0 Å². The second-order valence-corrected chi connectivity index (χ2v) is 4.40. The summed E-state index contributed by atoms with van der Waals surface area (Å²) in [6, 6.07) is 9.31. The molecule has 2 rings (SSSR count). The van der Waals surface area contributed by atoms with Gasteiger partial charge in [0.1, 0.15) is 6.07 Å². The topological polar surface area (TPSA) is 65.8 Å². The lowest BCUT2D eigenvalue weighted by atomic mass is 10.1. The highest BCUT2D eigenvalue weighted by atomic mass is 16.1. The maximum Gasteiger partial charge on any atom is 0.257 e. The molecule has 94 valence electrons. The van der Waals surface area contributed by atoms with E-state index in [-0.39, 0.29) is 5.91 Å². The minimum Gasteiger partial charge on any atom is -0.322 e. The van der Waals surface area contributed by atoms with Gasteiger partial charge in [-0.15, -0.1) is 0 Å². The molecule has 19 heavy (non-hydrogen) atoms. The quantitative estimate of drug-likeness (QED) is 0.892. The summed E-state index contributed by atoms with van der Waals surface area (Å²) in [5, 5.41) is 11.6. The van der Waals surface area contributed by atoms with E-state index < -0.39 is 0 Å². The summed E-state index contributed by atoms with van der Waals surface area (Å²) in [6.07, 6.45) is 2.87. The molecule has 1 aromatic carbocycles. The first-order chi connectivity index (χ1) is 9.08. The van der Waals surface area contributed by atoms with E-state index in [9.17, 15) is 4.79 Å². The third-order valence-electron chi connectivity index (χ3n) is 2.61. The van der Waals surface area contributed by atoms with Crippen molar-refractivity contribution in [3.8, 4) is 6.07 Å². The number of hydrogen-bond acceptors (Lipinski definition) is 3. The standard InChI is InChI=1S/C15H13N3O/c1-10-3-11(2)5-14(4-10)18-15(19)13-6-12(7-16)8-17-9-13/h3-6,8-9H,1-2H3,(H,18,19). The number of amides is 1. The predicted molar refractivity (Wildman–Crippen MR) is 72.8 cm³/mol. The second-order valence-electron chi connectivity index (χ2n) is 4.40. The number of rotatable bonds is 2. The lowest BCUT2D eigenvalue weighted by Gasteiger charge is -2.07. The summed E-state index contributed by atoms with van der Waals surface area (Å²) in [6.45, 7) is 3.95. The zero-order chi connectivity index (χ0) is 13.8. The van der Waals surface area contributed by atoms with Crippen molar-refractivity contribution < 1.29 is 4.79 Å². The molecule has 1 aromatic heterocycles. The number of nitriles is 1. The number of carbonyl (C=O) groups excluding carboxylic acids is 1. The zero-order valence-corrected chi connectivity index (χ0v) is 10.8. The molecule has 1 amide bonds. The molecule has 2 aromatic rings. The van der Waals surface area contributed by atoms with Gasteiger partial charge in [-0.25, -0.2) is 0 Å². The van der Waals surface area contributed by atoms with Gasteiger partial charge < -0.3 is 5.32 Å². The minimum absolute atomic E-state index is 0.269. The van der Waals surface area contributed by atoms with Crippen LogP contribution in [0.2, 0.25) is 0 Å². The van der Waals surface area contributed by atoms with Crippen LogP contribution in [0.25, 0.3) is 0 Å². The first kappa shape index (κ1) is 12.8. The molecule has 4 nitrogen and oxygen atoms in total. The van der Waals surface area contributed by atoms with E-state index in [1.165, 1.54) is 18.5 Å². The van der Waals surface area contributed by atoms with Crippen LogP contribution in [0.4, 0.5) is 5.69 Å². The normalized spacial score (nSPS) is 9.74. The van der Waals surface area contributed by atoms with Gasteiger partial charge in [-0.05, 0) is 43.2 Å². The molecule has 4 heteroatoms. The smallest absolute Gasteiger partial charge is 0.257 e. The lowest BCUT2D eigenvalue weighted by molar-refractivity contribution is 0.102. The van der Waals surface area contributed by atoms with E-state index in [2.05, 4.69) is 10.3 Å². The van der Waals surface area contributed by atoms with Crippen molar-refractivity contribution in [3.63, 3.8) is 0 Å². The van der Waals surface area contributed by atoms with E-state index in [4.69, 9.17) is 5.26 Å². The fourth-order valence-electron chi connectivity index (χ4n) is 1.88. The number of aryl methyl sites for hydroxylation is 2. The third-order valence-corrected chi connectivity index (χ3v) is 2.61. The first-order valence-electron chi connectivity index (χ1n) is 5.83. The molecule has 0 aliphatic carbocycles. The molecule has 0 aliphatic rings. The number of nitrogens with one attached hydrogen (secondary N) is 1. The molecule has 0 bridgehead atoms. The maximum absolute atomic E-state index is 12.0. The Balaban J connectivity index is 2.23. The number of hydrogen-bond donors (Lipinski definition) is 1. The molecule has 0 unspecified atom stereocenters. The molecular formula is C15H13N3O. The number of anilines is 1. The average molecular weight is 251 g/mol. The maximum atomic E-state index is 12.0. The van der Waals surface area contributed by atoms with Gasteiger partial charge in [-0.3, -0.25) is 9.78 Å². The van der Waals surface area contributed by atoms with Gasteiger partial charge in [0.15, 0.2) is 0 Å². The van der Waals surface area contributed by atoms with Gasteiger partial charge in [0.25, 0.3) is 5.91 Å². The summed E-state index contributed by atoms with van der Waals surface area (Å²) in [4.78, 5) is 15.9. The van der Waals surface area contributed by atoms with Crippen LogP contribution >= 0.6 is 0 Å². The summed E-state index contributed by atoms with van der Waals surface area (Å²) >= 11 is 0. The molecule has 0 saturated heterocycles. The van der Waals surface area contributed by atoms with Crippen LogP contribution < -0.4 is 5.32 Å². The van der Waals surface area contributed by atoms with Crippen molar-refractivity contribution in [1.82, 2.24) is 4.98 Å². The summed E-state index contributed by atoms with van der Waals surface area (Å²) < 4.78 is 0. The Kier molecular flexibility index (Phi) is 3.58. The average Bonchev–Trinajstić information content (AvgIpc) is 2.37. The number of aromatic nitrogens is 1. The summed E-state index contributed by atoms with van der Waals surface area (Å²) in [7, 11) is 0. The molecule has 0 radical (unpaired) electrons. The highest BCUT2D eigenvalue weighted by molar-refractivity contribution is 6.04. The first-order valence-corrected chi connectivity index (χ1v) is 5.83. The zero-order valence-electron chi connectivity index (χ0n) is 10.8. The monoisotopic (exact) mass is 251 g/mol. The van der Waals surface area contributed by atoms with E-state index >= 15 is 0 Å². The van der Waals surface area contributed by atoms with Crippen LogP contribution in [-0.4, -0.2) is 10.9 Å². The third kappa shape index (κ3) is 3.17. The van der Waals surface area contributed by atoms with Crippen LogP contribution in [0.3, 0.4) is 0 Å². The summed E-state index contributed by atoms with van der Waals surface area (Å²) in [5.41, 5.74) is 3.65. The van der Waals surface area contributed by atoms with Crippen LogP contribution in [0.1, 0.15) is 27.0 Å². The second kappa shape index (κ2) is 5.32. The Labute approximate surface area is 111 Å². The Morgan fingerprint density at radius 1 is 1.16 bits per heavy atom. The Morgan fingerprint density at radius 3 is 2.47 bits per heavy atom. The van der Waals surface area contributed by atoms with Crippen molar-refractivity contribution in [2.75, 3.05) is 5.32 Å². The largest absolute Gasteiger partial charge is 0.322 e. The SMILES string of the molecule is Cc1cc(C)cc(NC(=O)c2cncc(C#N)c2)c1. The van der Waals surface area contributed by atoms with Crippen molar-refractivity contribution in [2.45, 2.75) is 13.8 Å². The Bertz CT molecular complexity index is 651. The number of nitrogens with zero attached hydrogens (tertiary/aromatic N) is 2. The van der Waals surface area contributed by atoms with Crippen molar-refractivity contribution >= 4 is 11.6 Å². The summed E-state index contributed by atoms with van der Waals surface area (Å²) in [5.74, 6) is -0.269. The van der Waals surface area contributed by atoms with Crippen LogP contribution in [0, 0.1) is 25.2 Å². The van der Waals surface area contributed by atoms with Crippen LogP contribution in [-0.2, 0) is 0 Å². The highest BCUT2D eigenvalue weighted by Gasteiger charge is 2.08. The molecular weight excluding hydrogens is 238 g/mol.